The molecule has 6 nitrogen and oxygen atoms in total. The number of aliphatic hydroxyl groups excluding tert-OH is 1. The molecule has 0 saturated heterocycles. The number of Topliss-reactive ketones (excluding diaryl/α,β-unsaturated/α-hetero) is 1. The first-order chi connectivity index (χ1) is 16.9. The second-order valence-corrected chi connectivity index (χ2v) is 8.69. The van der Waals surface area contributed by atoms with Crippen LogP contribution < -0.4 is 9.64 Å². The smallest absolute Gasteiger partial charge is 0.294 e. The van der Waals surface area contributed by atoms with Crippen LogP contribution >= 0.6 is 11.6 Å². The van der Waals surface area contributed by atoms with Crippen LogP contribution in [0.1, 0.15) is 34.6 Å². The highest BCUT2D eigenvalue weighted by molar-refractivity contribution is 6.31. The maximum Gasteiger partial charge on any atom is 0.294 e. The third kappa shape index (κ3) is 3.96. The minimum absolute atomic E-state index is 0.0131. The summed E-state index contributed by atoms with van der Waals surface area (Å²) < 4.78 is 11.3. The Hall–Kier alpha value is -4.03. The van der Waals surface area contributed by atoms with Crippen LogP contribution in [0.5, 0.6) is 5.75 Å². The highest BCUT2D eigenvalue weighted by Gasteiger charge is 2.45. The van der Waals surface area contributed by atoms with E-state index in [1.807, 2.05) is 32.0 Å². The molecule has 1 atom stereocenters. The molecule has 7 heteroatoms. The highest BCUT2D eigenvalue weighted by Crippen LogP contribution is 2.43. The molecule has 0 bridgehead atoms. The summed E-state index contributed by atoms with van der Waals surface area (Å²) in [5, 5.41) is 12.1. The van der Waals surface area contributed by atoms with Gasteiger partial charge in [-0.1, -0.05) is 41.9 Å². The lowest BCUT2D eigenvalue weighted by molar-refractivity contribution is -0.117. The number of carbonyl (C=O) groups is 2. The Bertz CT molecular complexity index is 1490. The fourth-order valence-corrected chi connectivity index (χ4v) is 4.59. The van der Waals surface area contributed by atoms with Crippen LogP contribution in [-0.2, 0) is 4.79 Å². The van der Waals surface area contributed by atoms with Crippen LogP contribution in [-0.4, -0.2) is 23.4 Å². The van der Waals surface area contributed by atoms with Crippen molar-refractivity contribution in [2.45, 2.75) is 19.9 Å². The third-order valence-corrected chi connectivity index (χ3v) is 6.27. The van der Waals surface area contributed by atoms with Crippen molar-refractivity contribution in [3.8, 4) is 5.75 Å². The number of ether oxygens (including phenoxy) is 1. The summed E-state index contributed by atoms with van der Waals surface area (Å²) in [5.41, 5.74) is 2.51. The van der Waals surface area contributed by atoms with Gasteiger partial charge in [-0.05, 0) is 67.4 Å². The quantitative estimate of drug-likeness (QED) is 0.311. The van der Waals surface area contributed by atoms with E-state index in [0.29, 0.717) is 39.6 Å². The van der Waals surface area contributed by atoms with E-state index < -0.39 is 23.5 Å². The fraction of sp³-hybridized carbons (Fsp3) is 0.143. The monoisotopic (exact) mass is 487 g/mol. The van der Waals surface area contributed by atoms with E-state index in [2.05, 4.69) is 0 Å². The van der Waals surface area contributed by atoms with Crippen molar-refractivity contribution < 1.29 is 23.8 Å². The fourth-order valence-electron chi connectivity index (χ4n) is 4.41. The Labute approximate surface area is 207 Å². The van der Waals surface area contributed by atoms with Crippen LogP contribution in [0.15, 0.2) is 88.5 Å². The molecule has 1 aromatic heterocycles. The molecule has 1 aliphatic rings. The van der Waals surface area contributed by atoms with E-state index in [-0.39, 0.29) is 11.3 Å². The van der Waals surface area contributed by atoms with Crippen molar-refractivity contribution in [1.82, 2.24) is 0 Å². The highest BCUT2D eigenvalue weighted by atomic mass is 35.5. The minimum Gasteiger partial charge on any atom is -0.503 e. The first-order valence-electron chi connectivity index (χ1n) is 11.2. The van der Waals surface area contributed by atoms with Crippen LogP contribution in [0, 0.1) is 6.92 Å². The van der Waals surface area contributed by atoms with Gasteiger partial charge in [-0.25, -0.2) is 0 Å². The summed E-state index contributed by atoms with van der Waals surface area (Å²) in [6.07, 6.45) is 0. The van der Waals surface area contributed by atoms with E-state index in [9.17, 15) is 14.7 Å². The predicted octanol–water partition coefficient (Wildman–Crippen LogP) is 6.58. The molecule has 176 valence electrons. The molecule has 5 rings (SSSR count). The number of amides is 1. The molecule has 0 aliphatic carbocycles. The zero-order valence-corrected chi connectivity index (χ0v) is 19.9. The molecular weight excluding hydrogens is 466 g/mol. The van der Waals surface area contributed by atoms with Gasteiger partial charge in [0.15, 0.2) is 11.5 Å². The number of nitrogens with zero attached hydrogens (tertiary/aromatic N) is 1. The standard InChI is InChI=1S/C28H22ClNO5/c1-3-34-20-11-8-17(9-12-20)25-24(26(31)23-15-18-14-19(29)10-13-22(18)35-23)27(32)28(33)30(25)21-7-5-4-6-16(21)2/h4-15,25,32H,3H2,1-2H3. The van der Waals surface area contributed by atoms with Crippen molar-refractivity contribution >= 4 is 39.9 Å². The largest absolute Gasteiger partial charge is 0.503 e. The maximum atomic E-state index is 13.7. The summed E-state index contributed by atoms with van der Waals surface area (Å²) in [7, 11) is 0. The van der Waals surface area contributed by atoms with Crippen LogP contribution in [0.4, 0.5) is 5.69 Å². The molecule has 1 aliphatic heterocycles. The molecule has 2 heterocycles. The van der Waals surface area contributed by atoms with E-state index in [0.717, 1.165) is 5.56 Å². The van der Waals surface area contributed by atoms with Gasteiger partial charge in [-0.3, -0.25) is 14.5 Å². The number of benzene rings is 3. The minimum atomic E-state index is -0.858. The molecular formula is C28H22ClNO5. The number of para-hydroxylation sites is 1. The number of ketones is 1. The Kier molecular flexibility index (Phi) is 5.83. The molecule has 35 heavy (non-hydrogen) atoms. The Morgan fingerprint density at radius 2 is 1.83 bits per heavy atom. The molecule has 0 spiro atoms. The van der Waals surface area contributed by atoms with Gasteiger partial charge in [0.05, 0.1) is 18.2 Å². The van der Waals surface area contributed by atoms with Gasteiger partial charge in [-0.15, -0.1) is 0 Å². The Balaban J connectivity index is 1.65. The lowest BCUT2D eigenvalue weighted by Gasteiger charge is -2.28. The zero-order valence-electron chi connectivity index (χ0n) is 19.1. The Morgan fingerprint density at radius 3 is 2.54 bits per heavy atom. The normalized spacial score (nSPS) is 15.8. The molecule has 3 aromatic carbocycles. The molecule has 0 fully saturated rings. The van der Waals surface area contributed by atoms with Gasteiger partial charge in [0.1, 0.15) is 11.3 Å². The van der Waals surface area contributed by atoms with Gasteiger partial charge in [0.2, 0.25) is 5.78 Å². The number of hydrogen-bond acceptors (Lipinski definition) is 5. The van der Waals surface area contributed by atoms with Gasteiger partial charge in [-0.2, -0.15) is 0 Å². The lowest BCUT2D eigenvalue weighted by atomic mass is 9.94. The number of aryl methyl sites for hydroxylation is 1. The zero-order chi connectivity index (χ0) is 24.7. The molecule has 1 N–H and O–H groups in total. The second-order valence-electron chi connectivity index (χ2n) is 8.25. The van der Waals surface area contributed by atoms with Crippen molar-refractivity contribution in [3.63, 3.8) is 0 Å². The number of aliphatic hydroxyl groups is 1. The van der Waals surface area contributed by atoms with E-state index >= 15 is 0 Å². The van der Waals surface area contributed by atoms with Gasteiger partial charge in [0, 0.05) is 16.1 Å². The topological polar surface area (TPSA) is 80.0 Å². The number of carbonyl (C=O) groups excluding carboxylic acids is 2. The molecule has 0 radical (unpaired) electrons. The van der Waals surface area contributed by atoms with Gasteiger partial charge < -0.3 is 14.3 Å². The molecule has 0 saturated carbocycles. The average Bonchev–Trinajstić information content (AvgIpc) is 3.38. The second kappa shape index (κ2) is 8.96. The van der Waals surface area contributed by atoms with Crippen molar-refractivity contribution in [1.29, 1.82) is 0 Å². The lowest BCUT2D eigenvalue weighted by Crippen LogP contribution is -2.31. The number of hydrogen-bond donors (Lipinski definition) is 1. The van der Waals surface area contributed by atoms with Crippen LogP contribution in [0.25, 0.3) is 11.0 Å². The summed E-state index contributed by atoms with van der Waals surface area (Å²) in [6, 6.07) is 20.2. The Morgan fingerprint density at radius 1 is 1.09 bits per heavy atom. The number of halogens is 1. The summed E-state index contributed by atoms with van der Waals surface area (Å²) in [4.78, 5) is 28.5. The van der Waals surface area contributed by atoms with Gasteiger partial charge in [0.25, 0.3) is 5.91 Å². The average molecular weight is 488 g/mol. The summed E-state index contributed by atoms with van der Waals surface area (Å²) >= 11 is 6.08. The number of furan rings is 1. The first kappa shape index (κ1) is 22.7. The first-order valence-corrected chi connectivity index (χ1v) is 11.6. The predicted molar refractivity (Wildman–Crippen MR) is 134 cm³/mol. The maximum absolute atomic E-state index is 13.7. The molecule has 4 aromatic rings. The summed E-state index contributed by atoms with van der Waals surface area (Å²) in [5.74, 6) is -1.15. The van der Waals surface area contributed by atoms with Crippen molar-refractivity contribution in [2.24, 2.45) is 0 Å². The van der Waals surface area contributed by atoms with E-state index in [1.165, 1.54) is 4.90 Å². The van der Waals surface area contributed by atoms with E-state index in [1.54, 1.807) is 54.6 Å². The molecule has 1 amide bonds. The third-order valence-electron chi connectivity index (χ3n) is 6.04. The SMILES string of the molecule is CCOc1ccc(C2C(C(=O)c3cc4cc(Cl)ccc4o3)=C(O)C(=O)N2c2ccccc2C)cc1. The number of anilines is 1. The van der Waals surface area contributed by atoms with Crippen LogP contribution in [0.2, 0.25) is 5.02 Å². The van der Waals surface area contributed by atoms with Crippen LogP contribution in [0.3, 0.4) is 0 Å². The van der Waals surface area contributed by atoms with Gasteiger partial charge >= 0.3 is 0 Å². The number of rotatable bonds is 6. The molecule has 1 unspecified atom stereocenters. The van der Waals surface area contributed by atoms with Crippen molar-refractivity contribution in [3.05, 3.63) is 106 Å². The van der Waals surface area contributed by atoms with Crippen molar-refractivity contribution in [2.75, 3.05) is 11.5 Å². The number of fused-ring (bicyclic) bond motifs is 1. The van der Waals surface area contributed by atoms with E-state index in [4.69, 9.17) is 20.8 Å². The summed E-state index contributed by atoms with van der Waals surface area (Å²) in [6.45, 7) is 4.27.